The predicted octanol–water partition coefficient (Wildman–Crippen LogP) is 2.97. The molecule has 0 fully saturated rings. The van der Waals surface area contributed by atoms with Gasteiger partial charge in [0.25, 0.3) is 0 Å². The molecule has 0 radical (unpaired) electrons. The molecule has 0 saturated carbocycles. The molecule has 4 nitrogen and oxygen atoms in total. The Balaban J connectivity index is 2.17. The molecule has 0 amide bonds. The number of benzene rings is 1. The number of aryl methyl sites for hydroxylation is 1. The van der Waals surface area contributed by atoms with Gasteiger partial charge in [-0.3, -0.25) is 0 Å². The summed E-state index contributed by atoms with van der Waals surface area (Å²) in [6, 6.07) is 9.69. The predicted molar refractivity (Wildman–Crippen MR) is 72.6 cm³/mol. The summed E-state index contributed by atoms with van der Waals surface area (Å²) in [6.45, 7) is 2.00. The molecule has 1 aromatic rings. The van der Waals surface area contributed by atoms with E-state index in [0.717, 1.165) is 5.56 Å². The Kier molecular flexibility index (Phi) is 3.99. The van der Waals surface area contributed by atoms with Crippen molar-refractivity contribution < 1.29 is 9.57 Å². The zero-order valence-electron chi connectivity index (χ0n) is 10.8. The van der Waals surface area contributed by atoms with Gasteiger partial charge < -0.3 is 9.57 Å². The Bertz CT molecular complexity index is 577. The lowest BCUT2D eigenvalue weighted by atomic mass is 9.99. The van der Waals surface area contributed by atoms with Gasteiger partial charge in [0.05, 0.1) is 13.2 Å². The molecule has 96 valence electrons. The van der Waals surface area contributed by atoms with Crippen LogP contribution in [0.2, 0.25) is 0 Å². The van der Waals surface area contributed by atoms with Crippen LogP contribution in [0.1, 0.15) is 5.56 Å². The molecule has 1 aliphatic carbocycles. The quantitative estimate of drug-likeness (QED) is 0.779. The van der Waals surface area contributed by atoms with Gasteiger partial charge in [-0.1, -0.05) is 28.9 Å². The molecule has 4 heteroatoms. The van der Waals surface area contributed by atoms with Crippen LogP contribution in [-0.2, 0) is 4.74 Å². The monoisotopic (exact) mass is 254 g/mol. The summed E-state index contributed by atoms with van der Waals surface area (Å²) in [5.74, 6) is 0.874. The molecule has 0 N–H and O–H groups in total. The summed E-state index contributed by atoms with van der Waals surface area (Å²) in [4.78, 5) is 5.33. The van der Waals surface area contributed by atoms with Gasteiger partial charge in [0.2, 0.25) is 0 Å². The first-order valence-electron chi connectivity index (χ1n) is 5.88. The van der Waals surface area contributed by atoms with Crippen molar-refractivity contribution in [2.24, 2.45) is 11.1 Å². The van der Waals surface area contributed by atoms with Crippen LogP contribution in [0.25, 0.3) is 0 Å². The van der Waals surface area contributed by atoms with Gasteiger partial charge in [-0.2, -0.15) is 5.26 Å². The second-order valence-corrected chi connectivity index (χ2v) is 4.14. The van der Waals surface area contributed by atoms with Gasteiger partial charge in [-0.05, 0) is 25.1 Å². The fourth-order valence-corrected chi connectivity index (χ4v) is 1.60. The molecule has 0 spiro atoms. The molecule has 0 bridgehead atoms. The summed E-state index contributed by atoms with van der Waals surface area (Å²) >= 11 is 0. The van der Waals surface area contributed by atoms with E-state index in [4.69, 9.17) is 14.8 Å². The number of ether oxygens (including phenoxy) is 1. The Morgan fingerprint density at radius 3 is 2.63 bits per heavy atom. The first kappa shape index (κ1) is 12.9. The zero-order chi connectivity index (χ0) is 13.7. The number of methoxy groups -OCH3 is 1. The summed E-state index contributed by atoms with van der Waals surface area (Å²) < 4.78 is 5.11. The van der Waals surface area contributed by atoms with Crippen LogP contribution in [-0.4, -0.2) is 12.8 Å². The minimum Gasteiger partial charge on any atom is -0.497 e. The van der Waals surface area contributed by atoms with E-state index in [1.165, 1.54) is 0 Å². The van der Waals surface area contributed by atoms with E-state index < -0.39 is 5.92 Å². The second-order valence-electron chi connectivity index (χ2n) is 4.14. The lowest BCUT2D eigenvalue weighted by molar-refractivity contribution is 0.305. The van der Waals surface area contributed by atoms with E-state index in [9.17, 15) is 0 Å². The average Bonchev–Trinajstić information content (AvgIpc) is 2.46. The van der Waals surface area contributed by atoms with Gasteiger partial charge in [-0.15, -0.1) is 0 Å². The number of oxime groups is 1. The van der Waals surface area contributed by atoms with Crippen molar-refractivity contribution in [1.82, 2.24) is 0 Å². The number of nitriles is 1. The van der Waals surface area contributed by atoms with Gasteiger partial charge in [-0.25, -0.2) is 0 Å². The summed E-state index contributed by atoms with van der Waals surface area (Å²) in [5.41, 5.74) is 1.68. The molecule has 2 rings (SSSR count). The number of hydrogen-bond acceptors (Lipinski definition) is 4. The van der Waals surface area contributed by atoms with Crippen molar-refractivity contribution in [3.8, 4) is 11.8 Å². The highest BCUT2D eigenvalue weighted by atomic mass is 16.6. The minimum atomic E-state index is -0.413. The highest BCUT2D eigenvalue weighted by Crippen LogP contribution is 2.16. The Morgan fingerprint density at radius 2 is 2.00 bits per heavy atom. The molecule has 1 aliphatic rings. The highest BCUT2D eigenvalue weighted by Gasteiger charge is 2.16. The van der Waals surface area contributed by atoms with Crippen molar-refractivity contribution in [2.75, 3.05) is 7.11 Å². The van der Waals surface area contributed by atoms with Crippen LogP contribution in [0.3, 0.4) is 0 Å². The van der Waals surface area contributed by atoms with Gasteiger partial charge in [0.1, 0.15) is 17.4 Å². The molecule has 19 heavy (non-hydrogen) atoms. The smallest absolute Gasteiger partial charge is 0.157 e. The lowest BCUT2D eigenvalue weighted by Gasteiger charge is -2.11. The molecule has 0 heterocycles. The molecule has 0 aliphatic heterocycles. The first-order chi connectivity index (χ1) is 9.22. The van der Waals surface area contributed by atoms with Crippen LogP contribution >= 0.6 is 0 Å². The topological polar surface area (TPSA) is 54.6 Å². The Labute approximate surface area is 112 Å². The van der Waals surface area contributed by atoms with Crippen LogP contribution in [0.15, 0.2) is 53.4 Å². The van der Waals surface area contributed by atoms with Crippen LogP contribution in [0, 0.1) is 24.2 Å². The summed E-state index contributed by atoms with van der Waals surface area (Å²) in [7, 11) is 1.57. The summed E-state index contributed by atoms with van der Waals surface area (Å²) in [5, 5.41) is 13.1. The van der Waals surface area contributed by atoms with Crippen molar-refractivity contribution >= 4 is 5.71 Å². The van der Waals surface area contributed by atoms with Crippen LogP contribution in [0.4, 0.5) is 0 Å². The number of nitrogens with zero attached hydrogens (tertiary/aromatic N) is 2. The van der Waals surface area contributed by atoms with Crippen molar-refractivity contribution in [2.45, 2.75) is 6.92 Å². The van der Waals surface area contributed by atoms with Crippen LogP contribution in [0.5, 0.6) is 5.75 Å². The average molecular weight is 254 g/mol. The largest absolute Gasteiger partial charge is 0.497 e. The highest BCUT2D eigenvalue weighted by molar-refractivity contribution is 6.01. The van der Waals surface area contributed by atoms with Crippen LogP contribution < -0.4 is 4.84 Å². The molecule has 1 atom stereocenters. The molecule has 1 unspecified atom stereocenters. The number of allylic oxidation sites excluding steroid dienone is 3. The minimum absolute atomic E-state index is 0.413. The Hall–Kier alpha value is -2.54. The molecular formula is C15H14N2O2. The SMILES string of the molecule is COC1=CC(=NOc2ccc(C)cc2)C(C#N)C=C1. The van der Waals surface area contributed by atoms with Crippen molar-refractivity contribution in [3.05, 3.63) is 53.8 Å². The number of hydrogen-bond donors (Lipinski definition) is 0. The third-order valence-electron chi connectivity index (χ3n) is 2.71. The molecule has 0 saturated heterocycles. The molecular weight excluding hydrogens is 240 g/mol. The maximum atomic E-state index is 9.05. The van der Waals surface area contributed by atoms with Crippen molar-refractivity contribution in [3.63, 3.8) is 0 Å². The normalized spacial score (nSPS) is 19.7. The van der Waals surface area contributed by atoms with E-state index >= 15 is 0 Å². The third kappa shape index (κ3) is 3.23. The summed E-state index contributed by atoms with van der Waals surface area (Å²) in [6.07, 6.45) is 5.18. The van der Waals surface area contributed by atoms with E-state index in [-0.39, 0.29) is 0 Å². The maximum absolute atomic E-state index is 9.05. The maximum Gasteiger partial charge on any atom is 0.157 e. The van der Waals surface area contributed by atoms with E-state index in [1.54, 1.807) is 25.3 Å². The fraction of sp³-hybridized carbons (Fsp3) is 0.200. The number of rotatable bonds is 3. The third-order valence-corrected chi connectivity index (χ3v) is 2.71. The fourth-order valence-electron chi connectivity index (χ4n) is 1.60. The standard InChI is InChI=1S/C15H14N2O2/c1-11-3-6-13(7-4-11)19-17-15-9-14(18-2)8-5-12(15)10-16/h3-9,12H,1-2H3. The Morgan fingerprint density at radius 1 is 1.26 bits per heavy atom. The van der Waals surface area contributed by atoms with Gasteiger partial charge >= 0.3 is 0 Å². The van der Waals surface area contributed by atoms with E-state index in [0.29, 0.717) is 17.2 Å². The van der Waals surface area contributed by atoms with Gasteiger partial charge in [0.15, 0.2) is 5.75 Å². The van der Waals surface area contributed by atoms with Gasteiger partial charge in [0, 0.05) is 6.08 Å². The second kappa shape index (κ2) is 5.87. The lowest BCUT2D eigenvalue weighted by Crippen LogP contribution is -2.13. The van der Waals surface area contributed by atoms with E-state index in [1.807, 2.05) is 31.2 Å². The van der Waals surface area contributed by atoms with E-state index in [2.05, 4.69) is 11.2 Å². The zero-order valence-corrected chi connectivity index (χ0v) is 10.8. The van der Waals surface area contributed by atoms with Crippen molar-refractivity contribution in [1.29, 1.82) is 5.26 Å². The molecule has 0 aromatic heterocycles. The first-order valence-corrected chi connectivity index (χ1v) is 5.88. The molecule has 1 aromatic carbocycles.